The molecule has 1 aromatic rings. The lowest BCUT2D eigenvalue weighted by Crippen LogP contribution is -2.34. The summed E-state index contributed by atoms with van der Waals surface area (Å²) in [4.78, 5) is 14.0. The zero-order chi connectivity index (χ0) is 13.1. The number of anilines is 2. The van der Waals surface area contributed by atoms with Crippen molar-refractivity contribution >= 4 is 28.3 Å². The van der Waals surface area contributed by atoms with Gasteiger partial charge in [0.15, 0.2) is 5.82 Å². The van der Waals surface area contributed by atoms with E-state index >= 15 is 0 Å². The van der Waals surface area contributed by atoms with E-state index < -0.39 is 0 Å². The lowest BCUT2D eigenvalue weighted by molar-refractivity contribution is 0.0964. The maximum atomic E-state index is 11.9. The van der Waals surface area contributed by atoms with Gasteiger partial charge in [-0.25, -0.2) is 0 Å². The molecule has 2 rings (SSSR count). The third-order valence-corrected chi connectivity index (χ3v) is 4.55. The van der Waals surface area contributed by atoms with E-state index in [9.17, 15) is 4.79 Å². The maximum Gasteiger partial charge on any atom is 0.257 e. The molecule has 1 amide bonds. The number of nitrogen functional groups attached to an aromatic ring is 1. The molecule has 0 aliphatic heterocycles. The molecule has 1 aliphatic rings. The lowest BCUT2D eigenvalue weighted by atomic mass is 9.94. The van der Waals surface area contributed by atoms with E-state index in [1.54, 1.807) is 7.05 Å². The average molecular weight is 268 g/mol. The van der Waals surface area contributed by atoms with Gasteiger partial charge < -0.3 is 16.0 Å². The molecule has 0 unspecified atom stereocenters. The molecule has 1 heterocycles. The van der Waals surface area contributed by atoms with Crippen LogP contribution in [0.2, 0.25) is 0 Å². The van der Waals surface area contributed by atoms with Crippen LogP contribution in [0.25, 0.3) is 0 Å². The summed E-state index contributed by atoms with van der Waals surface area (Å²) < 4.78 is 4.12. The van der Waals surface area contributed by atoms with E-state index in [0.29, 0.717) is 17.4 Å². The number of rotatable bonds is 3. The van der Waals surface area contributed by atoms with Crippen molar-refractivity contribution in [2.75, 3.05) is 24.7 Å². The number of carbonyl (C=O) groups excluding carboxylic acids is 1. The minimum absolute atomic E-state index is 0.154. The number of aromatic nitrogens is 1. The first-order valence-electron chi connectivity index (χ1n) is 6.35. The fourth-order valence-electron chi connectivity index (χ4n) is 2.51. The first kappa shape index (κ1) is 13.1. The molecule has 0 bridgehead atoms. The summed E-state index contributed by atoms with van der Waals surface area (Å²) >= 11 is 1.31. The van der Waals surface area contributed by atoms with Crippen molar-refractivity contribution in [3.8, 4) is 0 Å². The highest BCUT2D eigenvalue weighted by Gasteiger charge is 2.26. The van der Waals surface area contributed by atoms with Gasteiger partial charge in [-0.3, -0.25) is 4.79 Å². The van der Waals surface area contributed by atoms with Crippen molar-refractivity contribution in [1.29, 1.82) is 0 Å². The van der Waals surface area contributed by atoms with E-state index in [0.717, 1.165) is 5.00 Å². The summed E-state index contributed by atoms with van der Waals surface area (Å²) in [6.07, 6.45) is 6.21. The third-order valence-electron chi connectivity index (χ3n) is 3.60. The highest BCUT2D eigenvalue weighted by atomic mass is 32.1. The van der Waals surface area contributed by atoms with Crippen LogP contribution < -0.4 is 16.0 Å². The van der Waals surface area contributed by atoms with Gasteiger partial charge in [0, 0.05) is 20.1 Å². The molecule has 6 heteroatoms. The highest BCUT2D eigenvalue weighted by molar-refractivity contribution is 7.11. The summed E-state index contributed by atoms with van der Waals surface area (Å²) in [5, 5.41) is 3.52. The fraction of sp³-hybridized carbons (Fsp3) is 0.667. The van der Waals surface area contributed by atoms with Crippen molar-refractivity contribution in [3.05, 3.63) is 5.56 Å². The molecule has 18 heavy (non-hydrogen) atoms. The Bertz CT molecular complexity index is 426. The molecular formula is C12H20N4OS. The van der Waals surface area contributed by atoms with Gasteiger partial charge in [-0.15, -0.1) is 0 Å². The molecule has 1 aromatic heterocycles. The summed E-state index contributed by atoms with van der Waals surface area (Å²) in [5.41, 5.74) is 6.32. The normalized spacial score (nSPS) is 16.6. The predicted octanol–water partition coefficient (Wildman–Crippen LogP) is 1.85. The second-order valence-corrected chi connectivity index (χ2v) is 5.48. The van der Waals surface area contributed by atoms with E-state index in [2.05, 4.69) is 14.6 Å². The molecule has 1 aliphatic carbocycles. The number of nitrogens with two attached hydrogens (primary N) is 1. The minimum Gasteiger partial charge on any atom is -0.382 e. The molecule has 1 saturated carbocycles. The molecule has 3 N–H and O–H groups in total. The Labute approximate surface area is 112 Å². The van der Waals surface area contributed by atoms with Gasteiger partial charge >= 0.3 is 0 Å². The fourth-order valence-corrected chi connectivity index (χ4v) is 3.35. The average Bonchev–Trinajstić information content (AvgIpc) is 2.80. The molecule has 0 atom stereocenters. The van der Waals surface area contributed by atoms with Gasteiger partial charge in [-0.1, -0.05) is 19.3 Å². The predicted molar refractivity (Wildman–Crippen MR) is 75.2 cm³/mol. The van der Waals surface area contributed by atoms with Crippen LogP contribution in [0, 0.1) is 0 Å². The Hall–Kier alpha value is -1.30. The third kappa shape index (κ3) is 2.43. The minimum atomic E-state index is -0.154. The largest absolute Gasteiger partial charge is 0.382 e. The lowest BCUT2D eigenvalue weighted by Gasteiger charge is -2.32. The second kappa shape index (κ2) is 5.56. The highest BCUT2D eigenvalue weighted by Crippen LogP contribution is 2.34. The van der Waals surface area contributed by atoms with Crippen LogP contribution in [-0.2, 0) is 0 Å². The van der Waals surface area contributed by atoms with Gasteiger partial charge in [0.25, 0.3) is 5.91 Å². The standard InChI is InChI=1S/C12H20N4OS/c1-14-11(17)9-10(13)15-18-12(9)16(2)8-6-4-3-5-7-8/h8H,3-7H2,1-2H3,(H2,13,15)(H,14,17). The van der Waals surface area contributed by atoms with Crippen molar-refractivity contribution < 1.29 is 4.79 Å². The Balaban J connectivity index is 2.24. The zero-order valence-corrected chi connectivity index (χ0v) is 11.7. The first-order chi connectivity index (χ1) is 8.65. The van der Waals surface area contributed by atoms with Crippen LogP contribution >= 0.6 is 11.5 Å². The summed E-state index contributed by atoms with van der Waals surface area (Å²) in [5.74, 6) is 0.177. The molecule has 0 radical (unpaired) electrons. The SMILES string of the molecule is CNC(=O)c1c(N)nsc1N(C)C1CCCCC1. The number of hydrogen-bond donors (Lipinski definition) is 2. The van der Waals surface area contributed by atoms with Crippen LogP contribution in [0.1, 0.15) is 42.5 Å². The monoisotopic (exact) mass is 268 g/mol. The van der Waals surface area contributed by atoms with E-state index in [1.165, 1.54) is 43.6 Å². The smallest absolute Gasteiger partial charge is 0.257 e. The Morgan fingerprint density at radius 3 is 2.72 bits per heavy atom. The Morgan fingerprint density at radius 2 is 2.11 bits per heavy atom. The van der Waals surface area contributed by atoms with Crippen molar-refractivity contribution in [3.63, 3.8) is 0 Å². The zero-order valence-electron chi connectivity index (χ0n) is 10.9. The van der Waals surface area contributed by atoms with Gasteiger partial charge in [0.2, 0.25) is 0 Å². The van der Waals surface area contributed by atoms with Crippen molar-refractivity contribution in [2.24, 2.45) is 0 Å². The number of carbonyl (C=O) groups is 1. The second-order valence-electron chi connectivity index (χ2n) is 4.73. The molecular weight excluding hydrogens is 248 g/mol. The van der Waals surface area contributed by atoms with Gasteiger partial charge in [-0.2, -0.15) is 4.37 Å². The van der Waals surface area contributed by atoms with Crippen LogP contribution in [0.4, 0.5) is 10.8 Å². The Morgan fingerprint density at radius 1 is 1.44 bits per heavy atom. The molecule has 0 aromatic carbocycles. The number of amides is 1. The van der Waals surface area contributed by atoms with Crippen molar-refractivity contribution in [2.45, 2.75) is 38.1 Å². The number of nitrogens with one attached hydrogen (secondary N) is 1. The van der Waals surface area contributed by atoms with Crippen LogP contribution in [0.3, 0.4) is 0 Å². The van der Waals surface area contributed by atoms with E-state index in [-0.39, 0.29) is 5.91 Å². The van der Waals surface area contributed by atoms with E-state index in [4.69, 9.17) is 5.73 Å². The molecule has 5 nitrogen and oxygen atoms in total. The van der Waals surface area contributed by atoms with Crippen molar-refractivity contribution in [1.82, 2.24) is 9.69 Å². The molecule has 0 spiro atoms. The number of nitrogens with zero attached hydrogens (tertiary/aromatic N) is 2. The van der Waals surface area contributed by atoms with Gasteiger partial charge in [0.05, 0.1) is 0 Å². The van der Waals surface area contributed by atoms with Gasteiger partial charge in [0.1, 0.15) is 10.6 Å². The van der Waals surface area contributed by atoms with E-state index in [1.807, 2.05) is 7.05 Å². The Kier molecular flexibility index (Phi) is 4.06. The topological polar surface area (TPSA) is 71.2 Å². The summed E-state index contributed by atoms with van der Waals surface area (Å²) in [6.45, 7) is 0. The van der Waals surface area contributed by atoms with Crippen LogP contribution in [-0.4, -0.2) is 30.4 Å². The summed E-state index contributed by atoms with van der Waals surface area (Å²) in [6, 6.07) is 0.502. The van der Waals surface area contributed by atoms with Gasteiger partial charge in [-0.05, 0) is 24.4 Å². The molecule has 0 saturated heterocycles. The quantitative estimate of drug-likeness (QED) is 0.877. The maximum absolute atomic E-state index is 11.9. The molecule has 100 valence electrons. The summed E-state index contributed by atoms with van der Waals surface area (Å²) in [7, 11) is 3.65. The number of hydrogen-bond acceptors (Lipinski definition) is 5. The van der Waals surface area contributed by atoms with Crippen LogP contribution in [0.15, 0.2) is 0 Å². The van der Waals surface area contributed by atoms with Crippen LogP contribution in [0.5, 0.6) is 0 Å². The first-order valence-corrected chi connectivity index (χ1v) is 7.12. The molecule has 1 fully saturated rings.